The van der Waals surface area contributed by atoms with Crippen molar-refractivity contribution in [2.75, 3.05) is 14.2 Å². The second-order valence-electron chi connectivity index (χ2n) is 4.01. The van der Waals surface area contributed by atoms with E-state index in [2.05, 4.69) is 26.2 Å². The van der Waals surface area contributed by atoms with Crippen LogP contribution < -0.4 is 14.8 Å². The van der Waals surface area contributed by atoms with Gasteiger partial charge in [0.1, 0.15) is 11.5 Å². The van der Waals surface area contributed by atoms with Crippen molar-refractivity contribution in [3.63, 3.8) is 0 Å². The van der Waals surface area contributed by atoms with Crippen molar-refractivity contribution in [1.82, 2.24) is 10.3 Å². The third-order valence-electron chi connectivity index (χ3n) is 2.59. The molecule has 0 spiro atoms. The van der Waals surface area contributed by atoms with Gasteiger partial charge in [-0.05, 0) is 47.2 Å². The van der Waals surface area contributed by atoms with Crippen LogP contribution in [0, 0.1) is 0 Å². The highest BCUT2D eigenvalue weighted by molar-refractivity contribution is 9.10. The number of pyridine rings is 1. The lowest BCUT2D eigenvalue weighted by molar-refractivity contribution is 0.411. The van der Waals surface area contributed by atoms with Crippen molar-refractivity contribution in [1.29, 1.82) is 0 Å². The van der Waals surface area contributed by atoms with Gasteiger partial charge in [-0.25, -0.2) is 4.98 Å². The minimum Gasteiger partial charge on any atom is -0.497 e. The number of halogens is 2. The Morgan fingerprint density at radius 2 is 2.10 bits per heavy atom. The Morgan fingerprint density at radius 3 is 2.75 bits per heavy atom. The van der Waals surface area contributed by atoms with E-state index in [1.165, 1.54) is 0 Å². The largest absolute Gasteiger partial charge is 0.497 e. The molecule has 6 heteroatoms. The number of benzene rings is 1. The van der Waals surface area contributed by atoms with E-state index in [-0.39, 0.29) is 0 Å². The maximum atomic E-state index is 6.06. The van der Waals surface area contributed by atoms with Gasteiger partial charge in [-0.15, -0.1) is 0 Å². The van der Waals surface area contributed by atoms with Gasteiger partial charge in [0.15, 0.2) is 0 Å². The van der Waals surface area contributed by atoms with Crippen LogP contribution in [0.25, 0.3) is 0 Å². The van der Waals surface area contributed by atoms with Gasteiger partial charge >= 0.3 is 0 Å². The molecule has 1 aromatic heterocycles. The molecule has 20 heavy (non-hydrogen) atoms. The van der Waals surface area contributed by atoms with Crippen molar-refractivity contribution in [3.8, 4) is 17.4 Å². The van der Waals surface area contributed by atoms with E-state index in [9.17, 15) is 0 Å². The van der Waals surface area contributed by atoms with E-state index in [4.69, 9.17) is 21.1 Å². The molecule has 1 N–H and O–H groups in total. The molecule has 2 aromatic rings. The van der Waals surface area contributed by atoms with Crippen LogP contribution in [0.5, 0.6) is 17.4 Å². The zero-order valence-electron chi connectivity index (χ0n) is 11.1. The summed E-state index contributed by atoms with van der Waals surface area (Å²) >= 11 is 9.50. The average Bonchev–Trinajstić information content (AvgIpc) is 2.45. The van der Waals surface area contributed by atoms with Gasteiger partial charge in [0.2, 0.25) is 5.88 Å². The smallest absolute Gasteiger partial charge is 0.219 e. The standard InChI is InChI=1S/C14H14BrClN2O2/c1-17-8-12-11(16)4-6-14(18-12)20-13-5-3-9(19-2)7-10(13)15/h3-7,17H,8H2,1-2H3. The Bertz CT molecular complexity index is 608. The maximum absolute atomic E-state index is 6.06. The molecular weight excluding hydrogens is 344 g/mol. The molecule has 0 aliphatic rings. The van der Waals surface area contributed by atoms with E-state index in [0.29, 0.717) is 23.2 Å². The summed E-state index contributed by atoms with van der Waals surface area (Å²) in [6.45, 7) is 0.583. The lowest BCUT2D eigenvalue weighted by atomic mass is 10.3. The number of hydrogen-bond donors (Lipinski definition) is 1. The fourth-order valence-electron chi connectivity index (χ4n) is 1.62. The Kier molecular flexibility index (Phi) is 5.23. The predicted octanol–water partition coefficient (Wildman–Crippen LogP) is 4.02. The second-order valence-corrected chi connectivity index (χ2v) is 5.27. The van der Waals surface area contributed by atoms with E-state index < -0.39 is 0 Å². The molecule has 4 nitrogen and oxygen atoms in total. The fourth-order valence-corrected chi connectivity index (χ4v) is 2.23. The number of ether oxygens (including phenoxy) is 2. The number of rotatable bonds is 5. The molecule has 1 heterocycles. The van der Waals surface area contributed by atoms with E-state index in [1.54, 1.807) is 19.2 Å². The minimum atomic E-state index is 0.491. The first-order chi connectivity index (χ1) is 9.63. The highest BCUT2D eigenvalue weighted by Crippen LogP contribution is 2.32. The van der Waals surface area contributed by atoms with Crippen LogP contribution in [0.4, 0.5) is 0 Å². The molecule has 0 radical (unpaired) electrons. The molecule has 0 aliphatic carbocycles. The summed E-state index contributed by atoms with van der Waals surface area (Å²) in [5.41, 5.74) is 0.747. The highest BCUT2D eigenvalue weighted by atomic mass is 79.9. The van der Waals surface area contributed by atoms with E-state index in [0.717, 1.165) is 15.9 Å². The third-order valence-corrected chi connectivity index (χ3v) is 3.55. The number of hydrogen-bond acceptors (Lipinski definition) is 4. The molecule has 0 saturated heterocycles. The molecule has 0 bridgehead atoms. The molecule has 1 aromatic carbocycles. The monoisotopic (exact) mass is 356 g/mol. The third kappa shape index (κ3) is 3.62. The number of nitrogens with zero attached hydrogens (tertiary/aromatic N) is 1. The van der Waals surface area contributed by atoms with Gasteiger partial charge in [-0.2, -0.15) is 0 Å². The minimum absolute atomic E-state index is 0.491. The lowest BCUT2D eigenvalue weighted by Crippen LogP contribution is -2.07. The molecular formula is C14H14BrClN2O2. The first-order valence-electron chi connectivity index (χ1n) is 5.95. The van der Waals surface area contributed by atoms with Crippen LogP contribution in [0.3, 0.4) is 0 Å². The Balaban J connectivity index is 2.23. The molecule has 0 atom stereocenters. The zero-order chi connectivity index (χ0) is 14.5. The Hall–Kier alpha value is -1.30. The van der Waals surface area contributed by atoms with Crippen molar-refractivity contribution in [2.24, 2.45) is 0 Å². The van der Waals surface area contributed by atoms with Gasteiger partial charge < -0.3 is 14.8 Å². The summed E-state index contributed by atoms with van der Waals surface area (Å²) in [5.74, 6) is 1.91. The number of methoxy groups -OCH3 is 1. The fraction of sp³-hybridized carbons (Fsp3) is 0.214. The molecule has 0 amide bonds. The van der Waals surface area contributed by atoms with Crippen molar-refractivity contribution in [3.05, 3.63) is 45.5 Å². The first-order valence-corrected chi connectivity index (χ1v) is 7.12. The summed E-state index contributed by atoms with van der Waals surface area (Å²) in [4.78, 5) is 4.37. The molecule has 0 aliphatic heterocycles. The van der Waals surface area contributed by atoms with E-state index >= 15 is 0 Å². The molecule has 2 rings (SSSR count). The van der Waals surface area contributed by atoms with Gasteiger partial charge in [0.25, 0.3) is 0 Å². The highest BCUT2D eigenvalue weighted by Gasteiger charge is 2.08. The van der Waals surface area contributed by atoms with Crippen LogP contribution in [0.2, 0.25) is 5.02 Å². The van der Waals surface area contributed by atoms with Gasteiger partial charge in [-0.3, -0.25) is 0 Å². The van der Waals surface area contributed by atoms with Crippen LogP contribution in [-0.4, -0.2) is 19.1 Å². The Morgan fingerprint density at radius 1 is 1.30 bits per heavy atom. The topological polar surface area (TPSA) is 43.4 Å². The normalized spacial score (nSPS) is 10.4. The zero-order valence-corrected chi connectivity index (χ0v) is 13.5. The summed E-state index contributed by atoms with van der Waals surface area (Å²) in [5, 5.41) is 3.63. The van der Waals surface area contributed by atoms with Crippen molar-refractivity contribution < 1.29 is 9.47 Å². The summed E-state index contributed by atoms with van der Waals surface area (Å²) in [6, 6.07) is 8.98. The molecule has 0 fully saturated rings. The van der Waals surface area contributed by atoms with Crippen molar-refractivity contribution >= 4 is 27.5 Å². The van der Waals surface area contributed by atoms with Crippen LogP contribution in [0.1, 0.15) is 5.69 Å². The molecule has 0 unspecified atom stereocenters. The van der Waals surface area contributed by atoms with E-state index in [1.807, 2.05) is 25.2 Å². The number of aromatic nitrogens is 1. The maximum Gasteiger partial charge on any atom is 0.219 e. The van der Waals surface area contributed by atoms with Gasteiger partial charge in [0.05, 0.1) is 22.3 Å². The summed E-state index contributed by atoms with van der Waals surface area (Å²) in [6.07, 6.45) is 0. The van der Waals surface area contributed by atoms with Crippen molar-refractivity contribution in [2.45, 2.75) is 6.54 Å². The summed E-state index contributed by atoms with van der Waals surface area (Å²) < 4.78 is 11.7. The molecule has 0 saturated carbocycles. The SMILES string of the molecule is CNCc1nc(Oc2ccc(OC)cc2Br)ccc1Cl. The number of nitrogens with one attached hydrogen (secondary N) is 1. The first kappa shape index (κ1) is 15.1. The van der Waals surface area contributed by atoms with Gasteiger partial charge in [0, 0.05) is 12.6 Å². The quantitative estimate of drug-likeness (QED) is 0.878. The van der Waals surface area contributed by atoms with Crippen LogP contribution in [-0.2, 0) is 6.54 Å². The second kappa shape index (κ2) is 6.92. The lowest BCUT2D eigenvalue weighted by Gasteiger charge is -2.10. The van der Waals surface area contributed by atoms with Crippen LogP contribution >= 0.6 is 27.5 Å². The average molecular weight is 358 g/mol. The van der Waals surface area contributed by atoms with Gasteiger partial charge in [-0.1, -0.05) is 11.6 Å². The summed E-state index contributed by atoms with van der Waals surface area (Å²) in [7, 11) is 3.46. The van der Waals surface area contributed by atoms with Crippen LogP contribution in [0.15, 0.2) is 34.8 Å². The Labute approximate surface area is 131 Å². The molecule has 106 valence electrons. The predicted molar refractivity (Wildman–Crippen MR) is 82.8 cm³/mol.